The Balaban J connectivity index is 3.40. The molecule has 1 aliphatic heterocycles. The Morgan fingerprint density at radius 2 is 0.773 bits per heavy atom. The molecule has 110 heavy (non-hydrogen) atoms. The maximum absolute atomic E-state index is 14.2. The molecule has 1 saturated heterocycles. The summed E-state index contributed by atoms with van der Waals surface area (Å²) in [6.07, 6.45) is -9.15. The Labute approximate surface area is 631 Å². The average Bonchev–Trinajstić information content (AvgIpc) is 1.02. The zero-order valence-corrected chi connectivity index (χ0v) is 62.1. The van der Waals surface area contributed by atoms with Crippen LogP contribution in [0.25, 0.3) is 0 Å². The summed E-state index contributed by atoms with van der Waals surface area (Å²) in [5, 5.41) is 94.0. The van der Waals surface area contributed by atoms with Crippen LogP contribution in [0.3, 0.4) is 0 Å². The highest BCUT2D eigenvalue weighted by Gasteiger charge is 2.40. The number of nitrogens with one attached hydrogen (secondary N) is 15. The fourth-order valence-corrected chi connectivity index (χ4v) is 10.4. The van der Waals surface area contributed by atoms with Crippen LogP contribution in [0, 0.1) is 11.8 Å². The van der Waals surface area contributed by atoms with Gasteiger partial charge in [-0.15, -0.1) is 0 Å². The SMILES string of the molecule is CC[C@H](C)[C@H](NC(=O)[C@H](CCC(N)=O)NC(=O)[C@@H]1CCCN1)C(=O)N[C@@H](CCC(=O)O)C(=O)N[C@@H](CC(N)=O)C(=O)N[C@H](C(=O)N[C@@H](CCCCN)C(=O)NCC(=O)N[C@H](C(=O)N[C@@H](CCC(=O)O)C(=O)N[C@@H](CC(N)=O)C(=O)N[C@@H](CO)C(=O)NCC(=O)N[C@H](C(=O)N[C@H](C(N)=O)[C@@H](C)O)[C@@H](C)O)[C@@H](C)O)C(C)C. The topological polar surface area (TPSA) is 773 Å². The molecule has 46 nitrogen and oxygen atoms in total. The largest absolute Gasteiger partial charge is 0.481 e. The van der Waals surface area contributed by atoms with E-state index in [4.69, 9.17) is 28.7 Å². The van der Waals surface area contributed by atoms with Gasteiger partial charge in [0.15, 0.2) is 0 Å². The van der Waals surface area contributed by atoms with Gasteiger partial charge < -0.3 is 139 Å². The van der Waals surface area contributed by atoms with Crippen LogP contribution in [0.5, 0.6) is 0 Å². The lowest BCUT2D eigenvalue weighted by Crippen LogP contribution is -2.61. The van der Waals surface area contributed by atoms with Crippen molar-refractivity contribution in [3.05, 3.63) is 0 Å². The molecule has 0 saturated carbocycles. The molecule has 31 N–H and O–H groups in total. The molecule has 0 aliphatic carbocycles. The zero-order chi connectivity index (χ0) is 84.0. The van der Waals surface area contributed by atoms with Crippen LogP contribution in [0.15, 0.2) is 0 Å². The van der Waals surface area contributed by atoms with Crippen LogP contribution in [0.2, 0.25) is 0 Å². The number of carbonyl (C=O) groups is 20. The lowest BCUT2D eigenvalue weighted by atomic mass is 9.96. The van der Waals surface area contributed by atoms with Gasteiger partial charge in [-0.05, 0) is 97.1 Å². The number of carboxylic acids is 2. The number of carbonyl (C=O) groups excluding carboxylic acids is 18. The molecule has 18 amide bonds. The number of hydrogen-bond acceptors (Lipinski definition) is 26. The lowest BCUT2D eigenvalue weighted by molar-refractivity contribution is -0.139. The zero-order valence-electron chi connectivity index (χ0n) is 62.1. The highest BCUT2D eigenvalue weighted by atomic mass is 16.4. The van der Waals surface area contributed by atoms with E-state index in [1.807, 2.05) is 21.3 Å². The molecule has 0 aromatic heterocycles. The fraction of sp³-hybridized carbons (Fsp3) is 0.688. The number of hydrogen-bond donors (Lipinski definition) is 26. The molecule has 1 fully saturated rings. The molecule has 17 atom stereocenters. The van der Waals surface area contributed by atoms with E-state index in [0.29, 0.717) is 19.4 Å². The van der Waals surface area contributed by atoms with Crippen LogP contribution in [0.1, 0.15) is 138 Å². The second-order valence-electron chi connectivity index (χ2n) is 26.5. The number of aliphatic carboxylic acids is 2. The van der Waals surface area contributed by atoms with Gasteiger partial charge in [0, 0.05) is 19.3 Å². The van der Waals surface area contributed by atoms with Gasteiger partial charge >= 0.3 is 11.9 Å². The van der Waals surface area contributed by atoms with Gasteiger partial charge in [0.1, 0.15) is 72.5 Å². The van der Waals surface area contributed by atoms with E-state index < -0.39 is 285 Å². The molecule has 0 aromatic carbocycles. The minimum Gasteiger partial charge on any atom is -0.481 e. The minimum atomic E-state index is -2.07. The Hall–Kier alpha value is -10.8. The molecule has 0 unspecified atom stereocenters. The highest BCUT2D eigenvalue weighted by molar-refractivity contribution is 6.01. The van der Waals surface area contributed by atoms with E-state index in [2.05, 4.69) is 58.5 Å². The van der Waals surface area contributed by atoms with E-state index in [0.717, 1.165) is 20.8 Å². The van der Waals surface area contributed by atoms with Crippen molar-refractivity contribution in [3.63, 3.8) is 0 Å². The van der Waals surface area contributed by atoms with E-state index >= 15 is 0 Å². The number of amides is 18. The number of aliphatic hydroxyl groups is 4. The standard InChI is InChI=1S/C64H108N20O26/c1-8-28(4)48(83-58(104)34(14-17-40(66)89)73-55(101)32-13-11-21-70-32)62(108)75-35(15-18-45(94)95)56(102)78-38(23-42(68)91)60(106)82-47(27(2)3)61(107)74-33(12-9-10-20-65)53(99)71-24-43(92)80-50(30(6)87)63(109)76-36(16-19-46(96)97)57(103)77-37(22-41(67)90)59(105)79-39(26-85)54(100)72-25-44(93)81-51(31(7)88)64(110)84-49(29(5)86)52(69)98/h27-39,47-51,70,85-88H,8-26,65H2,1-7H3,(H2,66,89)(H2,67,90)(H2,68,91)(H2,69,98)(H,71,99)(H,72,100)(H,73,101)(H,74,107)(H,75,108)(H,76,109)(H,77,103)(H,78,102)(H,79,105)(H,80,92)(H,81,93)(H,82,106)(H,83,104)(H,84,110)(H,94,95)(H,96,97)/t28-,29+,30+,31+,32-,33-,34-,35-,36-,37-,38-,39-,47-,48-,49-,50-,51-/m0/s1. The quantitative estimate of drug-likeness (QED) is 0.0252. The number of aliphatic hydroxyl groups excluding tert-OH is 4. The van der Waals surface area contributed by atoms with Crippen LogP contribution in [-0.2, 0) is 95.9 Å². The van der Waals surface area contributed by atoms with E-state index in [9.17, 15) is 127 Å². The van der Waals surface area contributed by atoms with Gasteiger partial charge in [-0.3, -0.25) is 95.9 Å². The van der Waals surface area contributed by atoms with Crippen molar-refractivity contribution in [2.24, 2.45) is 40.5 Å². The van der Waals surface area contributed by atoms with Gasteiger partial charge in [0.2, 0.25) is 106 Å². The molecule has 1 heterocycles. The molecular formula is C64H108N20O26. The monoisotopic (exact) mass is 1570 g/mol. The van der Waals surface area contributed by atoms with Crippen LogP contribution in [-0.4, -0.2) is 279 Å². The highest BCUT2D eigenvalue weighted by Crippen LogP contribution is 2.15. The summed E-state index contributed by atoms with van der Waals surface area (Å²) in [6, 6.07) is -22.0. The normalized spacial score (nSPS) is 16.8. The molecule has 0 radical (unpaired) electrons. The maximum Gasteiger partial charge on any atom is 0.303 e. The second kappa shape index (κ2) is 49.3. The number of nitrogens with two attached hydrogens (primary N) is 5. The number of primary amides is 4. The minimum absolute atomic E-state index is 0.0943. The van der Waals surface area contributed by atoms with Crippen molar-refractivity contribution in [1.29, 1.82) is 0 Å². The molecule has 0 spiro atoms. The summed E-state index contributed by atoms with van der Waals surface area (Å²) in [6.45, 7) is 6.60. The van der Waals surface area contributed by atoms with E-state index in [1.54, 1.807) is 13.8 Å². The first-order chi connectivity index (χ1) is 51.4. The smallest absolute Gasteiger partial charge is 0.303 e. The van der Waals surface area contributed by atoms with Gasteiger partial charge in [-0.2, -0.15) is 0 Å². The molecule has 1 rings (SSSR count). The second-order valence-corrected chi connectivity index (χ2v) is 26.5. The Morgan fingerprint density at radius 3 is 1.16 bits per heavy atom. The van der Waals surface area contributed by atoms with Gasteiger partial charge in [-0.25, -0.2) is 0 Å². The lowest BCUT2D eigenvalue weighted by Gasteiger charge is -2.29. The maximum atomic E-state index is 14.2. The third-order valence-corrected chi connectivity index (χ3v) is 16.9. The predicted molar refractivity (Wildman–Crippen MR) is 379 cm³/mol. The first-order valence-corrected chi connectivity index (χ1v) is 35.2. The summed E-state index contributed by atoms with van der Waals surface area (Å²) in [5.41, 5.74) is 27.0. The first-order valence-electron chi connectivity index (χ1n) is 35.2. The van der Waals surface area contributed by atoms with Gasteiger partial charge in [0.25, 0.3) is 0 Å². The van der Waals surface area contributed by atoms with Crippen LogP contribution < -0.4 is 108 Å². The molecule has 0 bridgehead atoms. The first kappa shape index (κ1) is 97.2. The predicted octanol–water partition coefficient (Wildman–Crippen LogP) is -13.0. The van der Waals surface area contributed by atoms with Crippen LogP contribution >= 0.6 is 0 Å². The molecule has 620 valence electrons. The van der Waals surface area contributed by atoms with E-state index in [-0.39, 0.29) is 45.1 Å². The third-order valence-electron chi connectivity index (χ3n) is 16.9. The fourth-order valence-electron chi connectivity index (χ4n) is 10.4. The summed E-state index contributed by atoms with van der Waals surface area (Å²) < 4.78 is 0. The van der Waals surface area contributed by atoms with Crippen molar-refractivity contribution in [2.45, 2.75) is 235 Å². The van der Waals surface area contributed by atoms with Gasteiger partial charge in [0.05, 0.1) is 56.9 Å². The Kier molecular flexibility index (Phi) is 43.5. The third kappa shape index (κ3) is 35.9. The van der Waals surface area contributed by atoms with Crippen molar-refractivity contribution in [3.8, 4) is 0 Å². The Bertz CT molecular complexity index is 3260. The van der Waals surface area contributed by atoms with Crippen molar-refractivity contribution >= 4 is 118 Å². The Morgan fingerprint density at radius 1 is 0.409 bits per heavy atom. The molecule has 46 heteroatoms. The number of carboxylic acid groups (broad SMARTS) is 2. The van der Waals surface area contributed by atoms with Crippen molar-refractivity contribution < 1.29 is 127 Å². The average molecular weight is 1570 g/mol. The summed E-state index contributed by atoms with van der Waals surface area (Å²) >= 11 is 0. The van der Waals surface area contributed by atoms with Gasteiger partial charge in [-0.1, -0.05) is 34.1 Å². The van der Waals surface area contributed by atoms with Crippen molar-refractivity contribution in [2.75, 3.05) is 32.8 Å². The molecule has 1 aliphatic rings. The number of unbranched alkanes of at least 4 members (excludes halogenated alkanes) is 1. The summed E-state index contributed by atoms with van der Waals surface area (Å²) in [5.74, 6) is -25.2. The van der Waals surface area contributed by atoms with E-state index in [1.165, 1.54) is 13.8 Å². The van der Waals surface area contributed by atoms with Crippen LogP contribution in [0.4, 0.5) is 0 Å². The molecule has 0 aromatic rings. The number of rotatable bonds is 53. The summed E-state index contributed by atoms with van der Waals surface area (Å²) in [4.78, 5) is 262. The van der Waals surface area contributed by atoms with Crippen molar-refractivity contribution in [1.82, 2.24) is 79.8 Å². The summed E-state index contributed by atoms with van der Waals surface area (Å²) in [7, 11) is 0. The molecular weight excluding hydrogens is 1460 g/mol.